The summed E-state index contributed by atoms with van der Waals surface area (Å²) in [7, 11) is 0. The smallest absolute Gasteiger partial charge is 0.309 e. The van der Waals surface area contributed by atoms with Gasteiger partial charge >= 0.3 is 5.97 Å². The van der Waals surface area contributed by atoms with Gasteiger partial charge in [0.2, 0.25) is 0 Å². The van der Waals surface area contributed by atoms with E-state index in [4.69, 9.17) is 10.6 Å². The van der Waals surface area contributed by atoms with Crippen LogP contribution in [0, 0.1) is 5.41 Å². The van der Waals surface area contributed by atoms with Crippen LogP contribution in [0.3, 0.4) is 0 Å². The van der Waals surface area contributed by atoms with Crippen molar-refractivity contribution in [3.05, 3.63) is 10.4 Å². The molecule has 0 unspecified atom stereocenters. The van der Waals surface area contributed by atoms with Gasteiger partial charge in [-0.05, 0) is 37.6 Å². The molecule has 2 fully saturated rings. The number of carboxylic acid groups (broad SMARTS) is 1. The summed E-state index contributed by atoms with van der Waals surface area (Å²) in [5.41, 5.74) is 7.43. The van der Waals surface area contributed by atoms with E-state index in [-0.39, 0.29) is 5.54 Å². The normalized spacial score (nSPS) is 41.5. The average molecular weight is 181 g/mol. The summed E-state index contributed by atoms with van der Waals surface area (Å²) in [5, 5.41) is 12.8. The van der Waals surface area contributed by atoms with Gasteiger partial charge in [0.15, 0.2) is 0 Å². The fourth-order valence-corrected chi connectivity index (χ4v) is 2.70. The molecule has 1 N–H and O–H groups in total. The van der Waals surface area contributed by atoms with Crippen LogP contribution in [0.25, 0.3) is 10.4 Å². The second-order valence-electron chi connectivity index (χ2n) is 4.18. The number of carboxylic acids is 1. The van der Waals surface area contributed by atoms with Crippen LogP contribution < -0.4 is 0 Å². The lowest BCUT2D eigenvalue weighted by atomic mass is 9.84. The SMILES string of the molecule is [N-]=[N+]=NC12CCC(C(=O)O)(CC1)C2. The van der Waals surface area contributed by atoms with Crippen LogP contribution in [0.5, 0.6) is 0 Å². The zero-order chi connectivity index (χ0) is 9.53. The zero-order valence-corrected chi connectivity index (χ0v) is 7.23. The van der Waals surface area contributed by atoms with Crippen molar-refractivity contribution in [2.45, 2.75) is 37.6 Å². The lowest BCUT2D eigenvalue weighted by Crippen LogP contribution is -2.25. The Hall–Kier alpha value is -1.22. The first kappa shape index (κ1) is 8.38. The molecule has 0 atom stereocenters. The quantitative estimate of drug-likeness (QED) is 0.401. The van der Waals surface area contributed by atoms with Gasteiger partial charge in [0.25, 0.3) is 0 Å². The van der Waals surface area contributed by atoms with E-state index in [1.165, 1.54) is 0 Å². The maximum absolute atomic E-state index is 11.0. The van der Waals surface area contributed by atoms with Crippen LogP contribution >= 0.6 is 0 Å². The Kier molecular flexibility index (Phi) is 1.54. The third-order valence-electron chi connectivity index (χ3n) is 3.52. The van der Waals surface area contributed by atoms with E-state index in [9.17, 15) is 4.79 Å². The highest BCUT2D eigenvalue weighted by Gasteiger charge is 2.58. The van der Waals surface area contributed by atoms with Gasteiger partial charge in [-0.25, -0.2) is 0 Å². The molecule has 2 rings (SSSR count). The van der Waals surface area contributed by atoms with E-state index in [1.807, 2.05) is 0 Å². The van der Waals surface area contributed by atoms with E-state index in [0.29, 0.717) is 19.3 Å². The molecule has 70 valence electrons. The Bertz CT molecular complexity index is 283. The average Bonchev–Trinajstić information content (AvgIpc) is 2.61. The molecule has 2 aliphatic carbocycles. The number of rotatable bonds is 2. The van der Waals surface area contributed by atoms with E-state index in [1.54, 1.807) is 0 Å². The predicted octanol–water partition coefficient (Wildman–Crippen LogP) is 2.08. The molecule has 0 aromatic heterocycles. The van der Waals surface area contributed by atoms with Crippen molar-refractivity contribution >= 4 is 5.97 Å². The van der Waals surface area contributed by atoms with Crippen LogP contribution in [-0.4, -0.2) is 16.6 Å². The van der Waals surface area contributed by atoms with Gasteiger partial charge < -0.3 is 5.11 Å². The second kappa shape index (κ2) is 2.39. The van der Waals surface area contributed by atoms with Gasteiger partial charge in [0.05, 0.1) is 5.41 Å². The number of nitrogens with zero attached hydrogens (tertiary/aromatic N) is 3. The monoisotopic (exact) mass is 181 g/mol. The number of carbonyl (C=O) groups is 1. The van der Waals surface area contributed by atoms with Crippen molar-refractivity contribution in [1.29, 1.82) is 0 Å². The molecule has 2 aliphatic rings. The molecular weight excluding hydrogens is 170 g/mol. The van der Waals surface area contributed by atoms with Crippen LogP contribution in [0.2, 0.25) is 0 Å². The standard InChI is InChI=1S/C8H11N3O2/c9-11-10-8-3-1-7(5-8,2-4-8)6(12)13/h1-5H2,(H,12,13). The summed E-state index contributed by atoms with van der Waals surface area (Å²) in [6, 6.07) is 0. The molecule has 0 radical (unpaired) electrons. The summed E-state index contributed by atoms with van der Waals surface area (Å²) >= 11 is 0. The Labute approximate surface area is 75.4 Å². The van der Waals surface area contributed by atoms with Crippen LogP contribution in [0.4, 0.5) is 0 Å². The Morgan fingerprint density at radius 1 is 1.38 bits per heavy atom. The molecule has 0 aromatic carbocycles. The summed E-state index contributed by atoms with van der Waals surface area (Å²) in [6.07, 6.45) is 3.36. The fourth-order valence-electron chi connectivity index (χ4n) is 2.70. The highest BCUT2D eigenvalue weighted by Crippen LogP contribution is 2.58. The minimum atomic E-state index is -0.722. The molecule has 0 heterocycles. The van der Waals surface area contributed by atoms with Crippen molar-refractivity contribution in [3.63, 3.8) is 0 Å². The molecule has 0 aliphatic heterocycles. The molecule has 2 bridgehead atoms. The largest absolute Gasteiger partial charge is 0.481 e. The van der Waals surface area contributed by atoms with Crippen molar-refractivity contribution < 1.29 is 9.90 Å². The fraction of sp³-hybridized carbons (Fsp3) is 0.875. The summed E-state index contributed by atoms with van der Waals surface area (Å²) in [5.74, 6) is -0.722. The molecule has 13 heavy (non-hydrogen) atoms. The van der Waals surface area contributed by atoms with E-state index in [0.717, 1.165) is 12.8 Å². The Balaban J connectivity index is 2.28. The molecule has 0 saturated heterocycles. The molecule has 0 amide bonds. The third kappa shape index (κ3) is 1.00. The molecule has 0 aromatic rings. The van der Waals surface area contributed by atoms with Crippen molar-refractivity contribution in [3.8, 4) is 0 Å². The molecular formula is C8H11N3O2. The first-order chi connectivity index (χ1) is 6.13. The maximum Gasteiger partial charge on any atom is 0.309 e. The van der Waals surface area contributed by atoms with Gasteiger partial charge in [-0.15, -0.1) is 0 Å². The van der Waals surface area contributed by atoms with E-state index < -0.39 is 11.4 Å². The highest BCUT2D eigenvalue weighted by molar-refractivity contribution is 5.76. The van der Waals surface area contributed by atoms with E-state index in [2.05, 4.69) is 10.0 Å². The minimum absolute atomic E-state index is 0.368. The number of azide groups is 1. The maximum atomic E-state index is 11.0. The van der Waals surface area contributed by atoms with Gasteiger partial charge in [0.1, 0.15) is 0 Å². The van der Waals surface area contributed by atoms with Crippen molar-refractivity contribution in [2.24, 2.45) is 10.5 Å². The second-order valence-corrected chi connectivity index (χ2v) is 4.18. The Morgan fingerprint density at radius 2 is 2.00 bits per heavy atom. The first-order valence-electron chi connectivity index (χ1n) is 4.42. The number of aliphatic carboxylic acids is 1. The van der Waals surface area contributed by atoms with Gasteiger partial charge in [-0.3, -0.25) is 4.79 Å². The van der Waals surface area contributed by atoms with Gasteiger partial charge in [0, 0.05) is 10.5 Å². The lowest BCUT2D eigenvalue weighted by Gasteiger charge is -2.21. The third-order valence-corrected chi connectivity index (χ3v) is 3.52. The number of hydrogen-bond acceptors (Lipinski definition) is 2. The first-order valence-corrected chi connectivity index (χ1v) is 4.42. The zero-order valence-electron chi connectivity index (χ0n) is 7.23. The van der Waals surface area contributed by atoms with Crippen LogP contribution in [0.1, 0.15) is 32.1 Å². The van der Waals surface area contributed by atoms with Crippen LogP contribution in [-0.2, 0) is 4.79 Å². The molecule has 0 spiro atoms. The van der Waals surface area contributed by atoms with Crippen LogP contribution in [0.15, 0.2) is 5.11 Å². The van der Waals surface area contributed by atoms with E-state index >= 15 is 0 Å². The van der Waals surface area contributed by atoms with Gasteiger partial charge in [-0.1, -0.05) is 5.11 Å². The molecule has 5 nitrogen and oxygen atoms in total. The van der Waals surface area contributed by atoms with Crippen molar-refractivity contribution in [1.82, 2.24) is 0 Å². The summed E-state index contributed by atoms with van der Waals surface area (Å²) < 4.78 is 0. The number of hydrogen-bond donors (Lipinski definition) is 1. The highest BCUT2D eigenvalue weighted by atomic mass is 16.4. The Morgan fingerprint density at radius 3 is 2.38 bits per heavy atom. The summed E-state index contributed by atoms with van der Waals surface area (Å²) in [4.78, 5) is 13.8. The van der Waals surface area contributed by atoms with Gasteiger partial charge in [-0.2, -0.15) is 0 Å². The topological polar surface area (TPSA) is 86.1 Å². The lowest BCUT2D eigenvalue weighted by molar-refractivity contribution is -0.148. The summed E-state index contributed by atoms with van der Waals surface area (Å²) in [6.45, 7) is 0. The predicted molar refractivity (Wildman–Crippen MR) is 45.0 cm³/mol. The number of fused-ring (bicyclic) bond motifs is 2. The molecule has 2 saturated carbocycles. The minimum Gasteiger partial charge on any atom is -0.481 e. The van der Waals surface area contributed by atoms with Crippen molar-refractivity contribution in [2.75, 3.05) is 0 Å². The molecule has 5 heteroatoms.